The van der Waals surface area contributed by atoms with Crippen LogP contribution in [0.4, 0.5) is 5.69 Å². The van der Waals surface area contributed by atoms with E-state index < -0.39 is 16.7 Å². The predicted octanol–water partition coefficient (Wildman–Crippen LogP) is 1.46. The van der Waals surface area contributed by atoms with Crippen molar-refractivity contribution in [2.45, 2.75) is 6.92 Å². The SMILES string of the molecule is Cc1ncc([N+](=O)[O-])cc1C(=O)NC(=O)c1ccco1. The number of nitrogens with one attached hydrogen (secondary N) is 1. The summed E-state index contributed by atoms with van der Waals surface area (Å²) >= 11 is 0. The van der Waals surface area contributed by atoms with E-state index in [2.05, 4.69) is 10.3 Å². The summed E-state index contributed by atoms with van der Waals surface area (Å²) in [6, 6.07) is 3.95. The molecule has 0 aliphatic heterocycles. The molecule has 0 saturated carbocycles. The summed E-state index contributed by atoms with van der Waals surface area (Å²) in [5.41, 5.74) is -0.0920. The predicted molar refractivity (Wildman–Crippen MR) is 66.1 cm³/mol. The summed E-state index contributed by atoms with van der Waals surface area (Å²) < 4.78 is 4.84. The number of nitrogens with zero attached hydrogens (tertiary/aromatic N) is 2. The Balaban J connectivity index is 2.23. The highest BCUT2D eigenvalue weighted by Gasteiger charge is 2.19. The average Bonchev–Trinajstić information content (AvgIpc) is 2.92. The van der Waals surface area contributed by atoms with Gasteiger partial charge in [0.05, 0.1) is 22.4 Å². The quantitative estimate of drug-likeness (QED) is 0.515. The molecular weight excluding hydrogens is 266 g/mol. The summed E-state index contributed by atoms with van der Waals surface area (Å²) in [6.07, 6.45) is 2.33. The molecule has 0 aromatic carbocycles. The molecule has 0 fully saturated rings. The number of furan rings is 1. The summed E-state index contributed by atoms with van der Waals surface area (Å²) in [4.78, 5) is 37.3. The zero-order valence-corrected chi connectivity index (χ0v) is 10.3. The van der Waals surface area contributed by atoms with Crippen LogP contribution in [0.5, 0.6) is 0 Å². The van der Waals surface area contributed by atoms with Crippen molar-refractivity contribution in [3.05, 3.63) is 57.8 Å². The topological polar surface area (TPSA) is 115 Å². The van der Waals surface area contributed by atoms with Crippen LogP contribution >= 0.6 is 0 Å². The molecule has 2 amide bonds. The second kappa shape index (κ2) is 5.31. The Morgan fingerprint density at radius 3 is 2.75 bits per heavy atom. The van der Waals surface area contributed by atoms with Crippen molar-refractivity contribution in [2.75, 3.05) is 0 Å². The van der Waals surface area contributed by atoms with Gasteiger partial charge in [0.25, 0.3) is 17.5 Å². The number of carbonyl (C=O) groups is 2. The van der Waals surface area contributed by atoms with Crippen LogP contribution in [0, 0.1) is 17.0 Å². The highest BCUT2D eigenvalue weighted by Crippen LogP contribution is 2.14. The van der Waals surface area contributed by atoms with Crippen molar-refractivity contribution in [2.24, 2.45) is 0 Å². The number of amides is 2. The number of aryl methyl sites for hydroxylation is 1. The van der Waals surface area contributed by atoms with Gasteiger partial charge in [0.15, 0.2) is 5.76 Å². The number of hydrogen-bond donors (Lipinski definition) is 1. The minimum atomic E-state index is -0.778. The van der Waals surface area contributed by atoms with Crippen LogP contribution in [0.1, 0.15) is 26.6 Å². The lowest BCUT2D eigenvalue weighted by atomic mass is 10.2. The number of carbonyl (C=O) groups excluding carboxylic acids is 2. The molecule has 2 aromatic heterocycles. The van der Waals surface area contributed by atoms with Crippen LogP contribution in [-0.4, -0.2) is 21.7 Å². The Bertz CT molecular complexity index is 678. The Kier molecular flexibility index (Phi) is 3.56. The maximum Gasteiger partial charge on any atom is 0.293 e. The molecule has 2 aromatic rings. The van der Waals surface area contributed by atoms with Crippen LogP contribution in [0.3, 0.4) is 0 Å². The molecule has 8 nitrogen and oxygen atoms in total. The number of aromatic nitrogens is 1. The van der Waals surface area contributed by atoms with Gasteiger partial charge >= 0.3 is 0 Å². The second-order valence-corrected chi connectivity index (χ2v) is 3.84. The fourth-order valence-electron chi connectivity index (χ4n) is 1.49. The van der Waals surface area contributed by atoms with Gasteiger partial charge in [-0.25, -0.2) is 0 Å². The van der Waals surface area contributed by atoms with Gasteiger partial charge < -0.3 is 4.42 Å². The van der Waals surface area contributed by atoms with E-state index >= 15 is 0 Å². The van der Waals surface area contributed by atoms with E-state index in [1.165, 1.54) is 25.3 Å². The Morgan fingerprint density at radius 2 is 2.15 bits per heavy atom. The van der Waals surface area contributed by atoms with Crippen molar-refractivity contribution < 1.29 is 18.9 Å². The molecule has 2 heterocycles. The maximum absolute atomic E-state index is 11.9. The lowest BCUT2D eigenvalue weighted by molar-refractivity contribution is -0.385. The van der Waals surface area contributed by atoms with Crippen molar-refractivity contribution in [3.63, 3.8) is 0 Å². The van der Waals surface area contributed by atoms with Crippen molar-refractivity contribution in [1.82, 2.24) is 10.3 Å². The molecule has 0 spiro atoms. The van der Waals surface area contributed by atoms with E-state index in [-0.39, 0.29) is 22.7 Å². The molecule has 0 radical (unpaired) electrons. The standard InChI is InChI=1S/C12H9N3O5/c1-7-9(5-8(6-13-7)15(18)19)11(16)14-12(17)10-3-2-4-20-10/h2-6H,1H3,(H,14,16,17). The van der Waals surface area contributed by atoms with E-state index in [1.807, 2.05) is 0 Å². The number of pyridine rings is 1. The molecule has 0 atom stereocenters. The van der Waals surface area contributed by atoms with Gasteiger partial charge in [0, 0.05) is 6.07 Å². The van der Waals surface area contributed by atoms with Crippen molar-refractivity contribution in [3.8, 4) is 0 Å². The molecule has 1 N–H and O–H groups in total. The minimum Gasteiger partial charge on any atom is -0.459 e. The monoisotopic (exact) mass is 275 g/mol. The third-order valence-corrected chi connectivity index (χ3v) is 2.50. The zero-order valence-electron chi connectivity index (χ0n) is 10.3. The summed E-state index contributed by atoms with van der Waals surface area (Å²) in [5.74, 6) is -1.54. The lowest BCUT2D eigenvalue weighted by Gasteiger charge is -2.04. The van der Waals surface area contributed by atoms with Gasteiger partial charge in [-0.3, -0.25) is 30.0 Å². The van der Waals surface area contributed by atoms with E-state index in [9.17, 15) is 19.7 Å². The van der Waals surface area contributed by atoms with Gasteiger partial charge in [-0.05, 0) is 19.1 Å². The fourth-order valence-corrected chi connectivity index (χ4v) is 1.49. The van der Waals surface area contributed by atoms with Crippen LogP contribution in [-0.2, 0) is 0 Å². The number of imide groups is 1. The normalized spacial score (nSPS) is 10.1. The fraction of sp³-hybridized carbons (Fsp3) is 0.0833. The van der Waals surface area contributed by atoms with Crippen LogP contribution in [0.15, 0.2) is 35.1 Å². The average molecular weight is 275 g/mol. The van der Waals surface area contributed by atoms with Crippen molar-refractivity contribution >= 4 is 17.5 Å². The van der Waals surface area contributed by atoms with E-state index in [0.717, 1.165) is 12.3 Å². The number of nitro groups is 1. The van der Waals surface area contributed by atoms with Crippen molar-refractivity contribution in [1.29, 1.82) is 0 Å². The second-order valence-electron chi connectivity index (χ2n) is 3.84. The van der Waals surface area contributed by atoms with Gasteiger partial charge in [0.2, 0.25) is 0 Å². The maximum atomic E-state index is 11.9. The molecule has 102 valence electrons. The summed E-state index contributed by atoms with van der Waals surface area (Å²) in [6.45, 7) is 1.51. The molecule has 0 unspecified atom stereocenters. The number of hydrogen-bond acceptors (Lipinski definition) is 6. The third-order valence-electron chi connectivity index (χ3n) is 2.50. The molecule has 0 aliphatic rings. The molecule has 2 rings (SSSR count). The highest BCUT2D eigenvalue weighted by atomic mass is 16.6. The zero-order chi connectivity index (χ0) is 14.7. The highest BCUT2D eigenvalue weighted by molar-refractivity contribution is 6.09. The summed E-state index contributed by atoms with van der Waals surface area (Å²) in [5, 5.41) is 12.7. The largest absolute Gasteiger partial charge is 0.459 e. The molecule has 0 bridgehead atoms. The van der Waals surface area contributed by atoms with Gasteiger partial charge in [-0.2, -0.15) is 0 Å². The van der Waals surface area contributed by atoms with E-state index in [4.69, 9.17) is 4.42 Å². The molecule has 0 saturated heterocycles. The van der Waals surface area contributed by atoms with E-state index in [0.29, 0.717) is 0 Å². The molecule has 0 aliphatic carbocycles. The van der Waals surface area contributed by atoms with E-state index in [1.54, 1.807) is 0 Å². The first-order valence-electron chi connectivity index (χ1n) is 5.49. The third kappa shape index (κ3) is 2.69. The molecule has 20 heavy (non-hydrogen) atoms. The van der Waals surface area contributed by atoms with Crippen LogP contribution in [0.25, 0.3) is 0 Å². The van der Waals surface area contributed by atoms with Gasteiger partial charge in [-0.15, -0.1) is 0 Å². The van der Waals surface area contributed by atoms with Gasteiger partial charge in [-0.1, -0.05) is 0 Å². The molecule has 8 heteroatoms. The van der Waals surface area contributed by atoms with Gasteiger partial charge in [0.1, 0.15) is 6.20 Å². The van der Waals surface area contributed by atoms with Crippen LogP contribution in [0.2, 0.25) is 0 Å². The lowest BCUT2D eigenvalue weighted by Crippen LogP contribution is -2.30. The Labute approximate surface area is 112 Å². The Morgan fingerprint density at radius 1 is 1.40 bits per heavy atom. The first-order chi connectivity index (χ1) is 9.49. The smallest absolute Gasteiger partial charge is 0.293 e. The number of rotatable bonds is 3. The molecular formula is C12H9N3O5. The first-order valence-corrected chi connectivity index (χ1v) is 5.49. The Hall–Kier alpha value is -3.03. The first kappa shape index (κ1) is 13.4. The minimum absolute atomic E-state index is 0.0330. The van der Waals surface area contributed by atoms with Crippen LogP contribution < -0.4 is 5.32 Å². The summed E-state index contributed by atoms with van der Waals surface area (Å²) in [7, 11) is 0.